The fourth-order valence-electron chi connectivity index (χ4n) is 1.95. The van der Waals surface area contributed by atoms with Crippen molar-refractivity contribution in [1.82, 2.24) is 0 Å². The lowest BCUT2D eigenvalue weighted by Gasteiger charge is -2.19. The largest absolute Gasteiger partial charge is 0.392 e. The Balaban J connectivity index is 2.37. The summed E-state index contributed by atoms with van der Waals surface area (Å²) in [6.07, 6.45) is 1.95. The van der Waals surface area contributed by atoms with E-state index in [9.17, 15) is 8.78 Å². The van der Waals surface area contributed by atoms with Crippen molar-refractivity contribution in [3.63, 3.8) is 0 Å². The van der Waals surface area contributed by atoms with E-state index >= 15 is 0 Å². The average Bonchev–Trinajstić information content (AvgIpc) is 2.69. The molecule has 1 aromatic carbocycles. The molecule has 0 atom stereocenters. The van der Waals surface area contributed by atoms with Gasteiger partial charge in [-0.05, 0) is 30.5 Å². The van der Waals surface area contributed by atoms with Crippen molar-refractivity contribution < 1.29 is 13.9 Å². The molecule has 0 aromatic heterocycles. The van der Waals surface area contributed by atoms with E-state index in [2.05, 4.69) is 0 Å². The van der Waals surface area contributed by atoms with Gasteiger partial charge in [0.05, 0.1) is 6.61 Å². The molecule has 1 aliphatic rings. The average molecular weight is 213 g/mol. The second-order valence-corrected chi connectivity index (χ2v) is 3.76. The number of aliphatic hydroxyl groups excluding tert-OH is 1. The minimum atomic E-state index is -0.582. The van der Waals surface area contributed by atoms with Crippen molar-refractivity contribution in [2.75, 3.05) is 18.0 Å². The lowest BCUT2D eigenvalue weighted by atomic mass is 10.2. The van der Waals surface area contributed by atoms with Crippen molar-refractivity contribution in [2.45, 2.75) is 19.4 Å². The summed E-state index contributed by atoms with van der Waals surface area (Å²) in [5, 5.41) is 8.80. The van der Waals surface area contributed by atoms with Crippen LogP contribution in [0, 0.1) is 11.6 Å². The number of hydrogen-bond acceptors (Lipinski definition) is 2. The van der Waals surface area contributed by atoms with Crippen molar-refractivity contribution in [1.29, 1.82) is 0 Å². The summed E-state index contributed by atoms with van der Waals surface area (Å²) in [5.74, 6) is -1.16. The predicted molar refractivity (Wildman–Crippen MR) is 53.7 cm³/mol. The highest BCUT2D eigenvalue weighted by atomic mass is 19.1. The smallest absolute Gasteiger partial charge is 0.149 e. The molecular weight excluding hydrogens is 200 g/mol. The van der Waals surface area contributed by atoms with E-state index in [1.165, 1.54) is 12.1 Å². The van der Waals surface area contributed by atoms with Gasteiger partial charge in [0.2, 0.25) is 0 Å². The van der Waals surface area contributed by atoms with Crippen LogP contribution in [0.25, 0.3) is 0 Å². The molecule has 0 saturated carbocycles. The van der Waals surface area contributed by atoms with Crippen LogP contribution in [0.15, 0.2) is 12.1 Å². The lowest BCUT2D eigenvalue weighted by molar-refractivity contribution is 0.280. The number of anilines is 1. The van der Waals surface area contributed by atoms with E-state index in [-0.39, 0.29) is 17.9 Å². The zero-order chi connectivity index (χ0) is 10.8. The quantitative estimate of drug-likeness (QED) is 0.812. The molecular formula is C11H13F2NO. The van der Waals surface area contributed by atoms with Crippen LogP contribution in [-0.2, 0) is 6.61 Å². The Bertz CT molecular complexity index is 339. The van der Waals surface area contributed by atoms with Gasteiger partial charge < -0.3 is 10.0 Å². The Morgan fingerprint density at radius 1 is 1.13 bits per heavy atom. The Morgan fingerprint density at radius 3 is 2.13 bits per heavy atom. The van der Waals surface area contributed by atoms with Gasteiger partial charge in [0.25, 0.3) is 0 Å². The molecule has 82 valence electrons. The van der Waals surface area contributed by atoms with Crippen LogP contribution >= 0.6 is 0 Å². The third-order valence-corrected chi connectivity index (χ3v) is 2.68. The van der Waals surface area contributed by atoms with Crippen LogP contribution in [-0.4, -0.2) is 18.2 Å². The maximum absolute atomic E-state index is 13.6. The van der Waals surface area contributed by atoms with Gasteiger partial charge in [-0.1, -0.05) is 0 Å². The fourth-order valence-corrected chi connectivity index (χ4v) is 1.95. The molecule has 0 amide bonds. The summed E-state index contributed by atoms with van der Waals surface area (Å²) >= 11 is 0. The van der Waals surface area contributed by atoms with Gasteiger partial charge >= 0.3 is 0 Å². The van der Waals surface area contributed by atoms with E-state index < -0.39 is 11.6 Å². The first-order chi connectivity index (χ1) is 7.22. The highest BCUT2D eigenvalue weighted by molar-refractivity contribution is 5.51. The van der Waals surface area contributed by atoms with Crippen LogP contribution in [0.4, 0.5) is 14.5 Å². The molecule has 0 bridgehead atoms. The first-order valence-corrected chi connectivity index (χ1v) is 5.06. The second-order valence-electron chi connectivity index (χ2n) is 3.76. The van der Waals surface area contributed by atoms with E-state index in [1.54, 1.807) is 4.90 Å². The zero-order valence-electron chi connectivity index (χ0n) is 8.34. The van der Waals surface area contributed by atoms with Gasteiger partial charge in [-0.25, -0.2) is 8.78 Å². The maximum Gasteiger partial charge on any atom is 0.149 e. The van der Waals surface area contributed by atoms with Gasteiger partial charge in [0.15, 0.2) is 0 Å². The molecule has 0 unspecified atom stereocenters. The molecule has 1 aromatic rings. The highest BCUT2D eigenvalue weighted by Crippen LogP contribution is 2.27. The Labute approximate surface area is 87.1 Å². The Morgan fingerprint density at radius 2 is 1.67 bits per heavy atom. The molecule has 0 spiro atoms. The number of benzene rings is 1. The normalized spacial score (nSPS) is 16.1. The fraction of sp³-hybridized carbons (Fsp3) is 0.455. The first-order valence-electron chi connectivity index (χ1n) is 5.06. The summed E-state index contributed by atoms with van der Waals surface area (Å²) in [6, 6.07) is 2.38. The van der Waals surface area contributed by atoms with Crippen LogP contribution in [0.1, 0.15) is 18.4 Å². The molecule has 0 aliphatic carbocycles. The zero-order valence-corrected chi connectivity index (χ0v) is 8.34. The summed E-state index contributed by atoms with van der Waals surface area (Å²) in [6.45, 7) is 1.06. The topological polar surface area (TPSA) is 23.5 Å². The lowest BCUT2D eigenvalue weighted by Crippen LogP contribution is -2.20. The first kappa shape index (κ1) is 10.4. The predicted octanol–water partition coefficient (Wildman–Crippen LogP) is 2.06. The molecule has 2 rings (SSSR count). The third-order valence-electron chi connectivity index (χ3n) is 2.68. The number of rotatable bonds is 2. The van der Waals surface area contributed by atoms with Crippen molar-refractivity contribution in [2.24, 2.45) is 0 Å². The number of aliphatic hydroxyl groups is 1. The summed E-state index contributed by atoms with van der Waals surface area (Å²) in [5.41, 5.74) is 0.317. The van der Waals surface area contributed by atoms with Gasteiger partial charge in [-0.3, -0.25) is 0 Å². The van der Waals surface area contributed by atoms with Gasteiger partial charge in [-0.2, -0.15) is 0 Å². The Hall–Kier alpha value is -1.16. The van der Waals surface area contributed by atoms with Crippen LogP contribution < -0.4 is 4.90 Å². The van der Waals surface area contributed by atoms with Crippen molar-refractivity contribution >= 4 is 5.69 Å². The monoisotopic (exact) mass is 213 g/mol. The van der Waals surface area contributed by atoms with E-state index in [0.29, 0.717) is 13.1 Å². The van der Waals surface area contributed by atoms with Gasteiger partial charge in [0, 0.05) is 13.1 Å². The van der Waals surface area contributed by atoms with Gasteiger partial charge in [0.1, 0.15) is 17.3 Å². The second kappa shape index (κ2) is 4.14. The molecule has 1 saturated heterocycles. The van der Waals surface area contributed by atoms with Crippen LogP contribution in [0.5, 0.6) is 0 Å². The number of hydrogen-bond donors (Lipinski definition) is 1. The molecule has 1 heterocycles. The van der Waals surface area contributed by atoms with Crippen molar-refractivity contribution in [3.8, 4) is 0 Å². The summed E-state index contributed by atoms with van der Waals surface area (Å²) in [7, 11) is 0. The van der Waals surface area contributed by atoms with E-state index in [0.717, 1.165) is 12.8 Å². The summed E-state index contributed by atoms with van der Waals surface area (Å²) in [4.78, 5) is 1.71. The van der Waals surface area contributed by atoms with Crippen LogP contribution in [0.3, 0.4) is 0 Å². The SMILES string of the molecule is OCc1cc(F)c(N2CCCC2)c(F)c1. The molecule has 15 heavy (non-hydrogen) atoms. The third kappa shape index (κ3) is 1.95. The highest BCUT2D eigenvalue weighted by Gasteiger charge is 2.20. The van der Waals surface area contributed by atoms with E-state index in [1.807, 2.05) is 0 Å². The summed E-state index contributed by atoms with van der Waals surface area (Å²) < 4.78 is 27.1. The molecule has 1 N–H and O–H groups in total. The number of halogens is 2. The molecule has 1 fully saturated rings. The Kier molecular flexibility index (Phi) is 2.86. The van der Waals surface area contributed by atoms with Gasteiger partial charge in [-0.15, -0.1) is 0 Å². The van der Waals surface area contributed by atoms with Crippen LogP contribution in [0.2, 0.25) is 0 Å². The molecule has 4 heteroatoms. The maximum atomic E-state index is 13.6. The standard InChI is InChI=1S/C11H13F2NO/c12-9-5-8(7-15)6-10(13)11(9)14-3-1-2-4-14/h5-6,15H,1-4,7H2. The number of nitrogens with zero attached hydrogens (tertiary/aromatic N) is 1. The molecule has 1 aliphatic heterocycles. The minimum Gasteiger partial charge on any atom is -0.392 e. The minimum absolute atomic E-state index is 0.0460. The van der Waals surface area contributed by atoms with Crippen molar-refractivity contribution in [3.05, 3.63) is 29.3 Å². The molecule has 2 nitrogen and oxygen atoms in total. The van der Waals surface area contributed by atoms with E-state index in [4.69, 9.17) is 5.11 Å². The molecule has 0 radical (unpaired) electrons.